The van der Waals surface area contributed by atoms with Crippen molar-refractivity contribution in [2.24, 2.45) is 0 Å². The first-order chi connectivity index (χ1) is 19.0. The Bertz CT molecular complexity index is 1380. The molecule has 0 aliphatic rings. The zero-order valence-electron chi connectivity index (χ0n) is 23.2. The monoisotopic (exact) mass is 585 g/mol. The summed E-state index contributed by atoms with van der Waals surface area (Å²) in [4.78, 5) is 29.2. The number of rotatable bonds is 13. The molecule has 0 aliphatic carbocycles. The molecule has 0 bridgehead atoms. The largest absolute Gasteiger partial charge is 0.497 e. The molecule has 3 rings (SSSR count). The van der Waals surface area contributed by atoms with Crippen molar-refractivity contribution >= 4 is 39.1 Å². The fourth-order valence-corrected chi connectivity index (χ4v) is 5.25. The summed E-state index contributed by atoms with van der Waals surface area (Å²) < 4.78 is 31.9. The molecule has 1 N–H and O–H groups in total. The summed E-state index contributed by atoms with van der Waals surface area (Å²) in [6.07, 6.45) is 2.01. The van der Waals surface area contributed by atoms with Gasteiger partial charge in [0.2, 0.25) is 21.8 Å². The number of halogens is 1. The summed E-state index contributed by atoms with van der Waals surface area (Å²) in [5.74, 6) is -0.291. The molecule has 0 saturated carbocycles. The highest BCUT2D eigenvalue weighted by Crippen LogP contribution is 2.23. The molecular weight excluding hydrogens is 550 g/mol. The highest BCUT2D eigenvalue weighted by Gasteiger charge is 2.33. The number of sulfonamides is 1. The number of anilines is 1. The van der Waals surface area contributed by atoms with Crippen LogP contribution >= 0.6 is 11.6 Å². The van der Waals surface area contributed by atoms with E-state index in [1.807, 2.05) is 50.2 Å². The maximum Gasteiger partial charge on any atom is 0.244 e. The first-order valence-corrected chi connectivity index (χ1v) is 15.2. The van der Waals surface area contributed by atoms with E-state index < -0.39 is 28.5 Å². The van der Waals surface area contributed by atoms with Crippen LogP contribution in [0.5, 0.6) is 5.75 Å². The van der Waals surface area contributed by atoms with Crippen LogP contribution in [0.3, 0.4) is 0 Å². The Labute approximate surface area is 241 Å². The predicted molar refractivity (Wildman–Crippen MR) is 159 cm³/mol. The van der Waals surface area contributed by atoms with E-state index >= 15 is 0 Å². The van der Waals surface area contributed by atoms with Crippen molar-refractivity contribution in [1.29, 1.82) is 0 Å². The first-order valence-electron chi connectivity index (χ1n) is 13.0. The summed E-state index contributed by atoms with van der Waals surface area (Å²) in [5.41, 5.74) is 1.89. The van der Waals surface area contributed by atoms with E-state index in [1.165, 1.54) is 12.0 Å². The number of methoxy groups -OCH3 is 1. The minimum atomic E-state index is -3.85. The molecule has 2 atom stereocenters. The van der Waals surface area contributed by atoms with Gasteiger partial charge in [-0.3, -0.25) is 13.9 Å². The predicted octanol–water partition coefficient (Wildman–Crippen LogP) is 4.67. The van der Waals surface area contributed by atoms with Crippen LogP contribution in [0.4, 0.5) is 5.69 Å². The van der Waals surface area contributed by atoms with Gasteiger partial charge in [-0.1, -0.05) is 61.0 Å². The number of carbonyl (C=O) groups excluding carboxylic acids is 2. The lowest BCUT2D eigenvalue weighted by Crippen LogP contribution is -2.54. The molecule has 3 aromatic rings. The minimum Gasteiger partial charge on any atom is -0.497 e. The molecule has 40 heavy (non-hydrogen) atoms. The molecule has 0 aliphatic heterocycles. The number of nitrogens with one attached hydrogen (secondary N) is 1. The van der Waals surface area contributed by atoms with Gasteiger partial charge in [-0.15, -0.1) is 0 Å². The van der Waals surface area contributed by atoms with Gasteiger partial charge >= 0.3 is 0 Å². The molecule has 8 nitrogen and oxygen atoms in total. The summed E-state index contributed by atoms with van der Waals surface area (Å²) in [5, 5.41) is 3.50. The number of nitrogens with zero attached hydrogens (tertiary/aromatic N) is 2. The van der Waals surface area contributed by atoms with E-state index in [4.69, 9.17) is 16.3 Å². The van der Waals surface area contributed by atoms with Crippen molar-refractivity contribution < 1.29 is 22.7 Å². The van der Waals surface area contributed by atoms with Gasteiger partial charge in [-0.05, 0) is 60.9 Å². The van der Waals surface area contributed by atoms with Crippen LogP contribution < -0.4 is 14.4 Å². The lowest BCUT2D eigenvalue weighted by molar-refractivity contribution is -0.140. The quantitative estimate of drug-likeness (QED) is 0.314. The first kappa shape index (κ1) is 31.0. The summed E-state index contributed by atoms with van der Waals surface area (Å²) in [7, 11) is -2.34. The van der Waals surface area contributed by atoms with E-state index in [2.05, 4.69) is 5.32 Å². The molecular formula is C30H36ClN3O5S. The van der Waals surface area contributed by atoms with E-state index in [0.29, 0.717) is 28.4 Å². The van der Waals surface area contributed by atoms with Gasteiger partial charge in [-0.25, -0.2) is 8.42 Å². The zero-order valence-corrected chi connectivity index (χ0v) is 24.8. The number of carbonyl (C=O) groups is 2. The molecule has 0 radical (unpaired) electrons. The summed E-state index contributed by atoms with van der Waals surface area (Å²) in [6.45, 7) is 3.43. The summed E-state index contributed by atoms with van der Waals surface area (Å²) in [6, 6.07) is 21.8. The van der Waals surface area contributed by atoms with E-state index in [0.717, 1.165) is 16.1 Å². The van der Waals surface area contributed by atoms with Gasteiger partial charge < -0.3 is 15.0 Å². The second kappa shape index (κ2) is 14.2. The Morgan fingerprint density at radius 1 is 0.975 bits per heavy atom. The Balaban J connectivity index is 2.05. The zero-order chi connectivity index (χ0) is 29.3. The second-order valence-corrected chi connectivity index (χ2v) is 12.0. The van der Waals surface area contributed by atoms with Gasteiger partial charge in [0.15, 0.2) is 0 Å². The van der Waals surface area contributed by atoms with Crippen molar-refractivity contribution in [2.75, 3.05) is 24.2 Å². The average Bonchev–Trinajstić information content (AvgIpc) is 2.93. The third-order valence-electron chi connectivity index (χ3n) is 6.55. The van der Waals surface area contributed by atoms with Crippen molar-refractivity contribution in [3.8, 4) is 5.75 Å². The Kier molecular flexibility index (Phi) is 11.0. The molecule has 2 amide bonds. The highest BCUT2D eigenvalue weighted by molar-refractivity contribution is 7.92. The smallest absolute Gasteiger partial charge is 0.244 e. The van der Waals surface area contributed by atoms with E-state index in [-0.39, 0.29) is 24.9 Å². The van der Waals surface area contributed by atoms with Gasteiger partial charge in [-0.2, -0.15) is 0 Å². The molecule has 0 heterocycles. The van der Waals surface area contributed by atoms with Crippen LogP contribution in [0, 0.1) is 0 Å². The molecule has 10 heteroatoms. The normalized spacial score (nSPS) is 12.7. The highest BCUT2D eigenvalue weighted by atomic mass is 35.5. The van der Waals surface area contributed by atoms with Crippen molar-refractivity contribution in [2.45, 2.75) is 45.3 Å². The Morgan fingerprint density at radius 2 is 1.62 bits per heavy atom. The van der Waals surface area contributed by atoms with Crippen LogP contribution in [0.1, 0.15) is 31.4 Å². The van der Waals surface area contributed by atoms with E-state index in [1.54, 1.807) is 42.5 Å². The van der Waals surface area contributed by atoms with Crippen LogP contribution in [0.25, 0.3) is 0 Å². The molecule has 0 fully saturated rings. The fourth-order valence-electron chi connectivity index (χ4n) is 4.19. The molecule has 0 saturated heterocycles. The minimum absolute atomic E-state index is 0.0605. The Morgan fingerprint density at radius 3 is 2.20 bits per heavy atom. The molecule has 0 aromatic heterocycles. The number of amides is 2. The van der Waals surface area contributed by atoms with Crippen molar-refractivity contribution in [3.05, 3.63) is 95.0 Å². The van der Waals surface area contributed by atoms with Crippen LogP contribution in [0.2, 0.25) is 5.02 Å². The van der Waals surface area contributed by atoms with Gasteiger partial charge in [0, 0.05) is 24.0 Å². The summed E-state index contributed by atoms with van der Waals surface area (Å²) >= 11 is 6.24. The van der Waals surface area contributed by atoms with Gasteiger partial charge in [0.25, 0.3) is 0 Å². The second-order valence-electron chi connectivity index (χ2n) is 9.64. The lowest BCUT2D eigenvalue weighted by atomic mass is 10.0. The average molecular weight is 586 g/mol. The van der Waals surface area contributed by atoms with Crippen molar-refractivity contribution in [3.63, 3.8) is 0 Å². The van der Waals surface area contributed by atoms with Crippen LogP contribution in [0.15, 0.2) is 78.9 Å². The van der Waals surface area contributed by atoms with Crippen LogP contribution in [-0.4, -0.2) is 57.1 Å². The Hall–Kier alpha value is -3.56. The van der Waals surface area contributed by atoms with Crippen LogP contribution in [-0.2, 0) is 32.6 Å². The number of benzene rings is 3. The standard InChI is InChI=1S/C30H36ClN3O5S/c1-5-22(2)32-30(36)28(19-23-10-7-6-8-11-23)33(20-24-12-9-13-25(31)18-24)29(35)21-34(40(4,37)38)26-14-16-27(39-3)17-15-26/h6-18,22,28H,5,19-21H2,1-4H3,(H,32,36)/t22-,28+/m0/s1. The number of hydrogen-bond acceptors (Lipinski definition) is 5. The number of hydrogen-bond donors (Lipinski definition) is 1. The van der Waals surface area contributed by atoms with Gasteiger partial charge in [0.05, 0.1) is 19.1 Å². The molecule has 3 aromatic carbocycles. The maximum atomic E-state index is 14.1. The SMILES string of the molecule is CC[C@H](C)NC(=O)[C@@H](Cc1ccccc1)N(Cc1cccc(Cl)c1)C(=O)CN(c1ccc(OC)cc1)S(C)(=O)=O. The maximum absolute atomic E-state index is 14.1. The van der Waals surface area contributed by atoms with Gasteiger partial charge in [0.1, 0.15) is 18.3 Å². The topological polar surface area (TPSA) is 96.0 Å². The molecule has 0 spiro atoms. The fraction of sp³-hybridized carbons (Fsp3) is 0.333. The molecule has 0 unspecified atom stereocenters. The number of ether oxygens (including phenoxy) is 1. The lowest BCUT2D eigenvalue weighted by Gasteiger charge is -2.34. The van der Waals surface area contributed by atoms with Crippen molar-refractivity contribution in [1.82, 2.24) is 10.2 Å². The van der Waals surface area contributed by atoms with E-state index in [9.17, 15) is 18.0 Å². The third-order valence-corrected chi connectivity index (χ3v) is 7.93. The molecule has 214 valence electrons. The third kappa shape index (κ3) is 8.72.